The van der Waals surface area contributed by atoms with Gasteiger partial charge in [0.25, 0.3) is 0 Å². The first kappa shape index (κ1) is 33.1. The Bertz CT molecular complexity index is 1380. The topological polar surface area (TPSA) is 90.9 Å². The van der Waals surface area contributed by atoms with E-state index in [0.717, 1.165) is 36.8 Å². The molecule has 44 heavy (non-hydrogen) atoms. The summed E-state index contributed by atoms with van der Waals surface area (Å²) in [5, 5.41) is 18.0. The number of nitrogens with one attached hydrogen (secondary N) is 2. The van der Waals surface area contributed by atoms with Crippen LogP contribution >= 0.6 is 0 Å². The summed E-state index contributed by atoms with van der Waals surface area (Å²) in [6.45, 7) is 3.82. The van der Waals surface area contributed by atoms with Crippen LogP contribution in [-0.2, 0) is 21.5 Å². The number of amides is 2. The molecule has 4 rings (SSSR count). The van der Waals surface area contributed by atoms with Crippen molar-refractivity contribution in [3.05, 3.63) is 65.0 Å². The highest BCUT2D eigenvalue weighted by Crippen LogP contribution is 2.45. The highest BCUT2D eigenvalue weighted by molar-refractivity contribution is 5.81. The molecule has 0 aromatic heterocycles. The lowest BCUT2D eigenvalue weighted by molar-refractivity contribution is -0.132. The molecule has 3 atom stereocenters. The largest absolute Gasteiger partial charge is 0.493 e. The van der Waals surface area contributed by atoms with E-state index in [1.807, 2.05) is 36.1 Å². The Balaban J connectivity index is 1.56. The number of hydrogen-bond donors (Lipinski definition) is 3. The molecule has 7 nitrogen and oxygen atoms in total. The molecule has 2 aromatic carbocycles. The summed E-state index contributed by atoms with van der Waals surface area (Å²) in [6.07, 6.45) is 15.1. The molecule has 8 heteroatoms. The van der Waals surface area contributed by atoms with E-state index in [1.54, 1.807) is 6.07 Å². The maximum absolute atomic E-state index is 14.7. The van der Waals surface area contributed by atoms with Gasteiger partial charge in [0.1, 0.15) is 11.6 Å². The minimum Gasteiger partial charge on any atom is -0.493 e. The van der Waals surface area contributed by atoms with E-state index < -0.39 is 23.9 Å². The maximum Gasteiger partial charge on any atom is 0.224 e. The monoisotopic (exact) mass is 601 g/mol. The van der Waals surface area contributed by atoms with Crippen LogP contribution in [0.2, 0.25) is 0 Å². The zero-order chi connectivity index (χ0) is 31.5. The van der Waals surface area contributed by atoms with E-state index in [1.165, 1.54) is 12.1 Å². The van der Waals surface area contributed by atoms with Crippen molar-refractivity contribution in [3.8, 4) is 30.4 Å². The van der Waals surface area contributed by atoms with Crippen LogP contribution in [0.5, 0.6) is 5.75 Å². The van der Waals surface area contributed by atoms with Crippen LogP contribution in [0.15, 0.2) is 42.5 Å². The van der Waals surface area contributed by atoms with E-state index in [0.29, 0.717) is 43.9 Å². The molecular weight excluding hydrogens is 557 g/mol. The van der Waals surface area contributed by atoms with E-state index in [9.17, 15) is 19.1 Å². The molecule has 0 radical (unpaired) electrons. The third-order valence-electron chi connectivity index (χ3n) is 8.54. The highest BCUT2D eigenvalue weighted by Gasteiger charge is 2.44. The number of carbonyl (C=O) groups excluding carboxylic acids is 2. The second-order valence-electron chi connectivity index (χ2n) is 12.0. The molecule has 1 saturated carbocycles. The standard InChI is InChI=1S/C36H44FN3O4/c1-4-10-28-13-14-34(42)40(17-5-2)18-7-8-19-44-31-22-27(21-30(37)24-31)23-32(39-35(28)43)33(41)25-38-36(15-16-36)29-12-9-11-26(6-3)20-29/h1,3,9,11-12,20-22,24,28,32-33,38,41H,5,7-8,10,13-19,23,25H2,2H3,(H,39,43)/t28?,32-,33+/m0/s1. The highest BCUT2D eigenvalue weighted by atomic mass is 19.1. The van der Waals surface area contributed by atoms with Gasteiger partial charge in [0.15, 0.2) is 0 Å². The van der Waals surface area contributed by atoms with Gasteiger partial charge in [0.05, 0.1) is 18.8 Å². The summed E-state index contributed by atoms with van der Waals surface area (Å²) in [5.74, 6) is 4.24. The Labute approximate surface area is 260 Å². The molecule has 1 aliphatic carbocycles. The van der Waals surface area contributed by atoms with Crippen molar-refractivity contribution < 1.29 is 23.8 Å². The average molecular weight is 602 g/mol. The third-order valence-corrected chi connectivity index (χ3v) is 8.54. The quantitative estimate of drug-likeness (QED) is 0.393. The molecule has 3 N–H and O–H groups in total. The van der Waals surface area contributed by atoms with Crippen LogP contribution in [0.3, 0.4) is 0 Å². The number of ether oxygens (including phenoxy) is 1. The lowest BCUT2D eigenvalue weighted by Crippen LogP contribution is -2.51. The van der Waals surface area contributed by atoms with Crippen molar-refractivity contribution in [3.63, 3.8) is 0 Å². The first-order chi connectivity index (χ1) is 21.3. The van der Waals surface area contributed by atoms with Gasteiger partial charge in [-0.05, 0) is 80.3 Å². The fourth-order valence-corrected chi connectivity index (χ4v) is 5.85. The SMILES string of the molecule is C#CCC1CCC(=O)N(CCC)CCCCOc2cc(F)cc(c2)C[C@@H]([C@H](O)CNC2(c3cccc(C#C)c3)CC2)NC1=O. The van der Waals surface area contributed by atoms with Crippen molar-refractivity contribution in [2.75, 3.05) is 26.2 Å². The maximum atomic E-state index is 14.7. The Morgan fingerprint density at radius 2 is 2.02 bits per heavy atom. The second kappa shape index (κ2) is 15.7. The molecule has 0 saturated heterocycles. The number of benzene rings is 2. The summed E-state index contributed by atoms with van der Waals surface area (Å²) >= 11 is 0. The Morgan fingerprint density at radius 1 is 1.20 bits per heavy atom. The van der Waals surface area contributed by atoms with Crippen molar-refractivity contribution >= 4 is 11.8 Å². The number of halogens is 1. The smallest absolute Gasteiger partial charge is 0.224 e. The molecule has 1 heterocycles. The number of aliphatic hydroxyl groups excluding tert-OH is 1. The number of carbonyl (C=O) groups is 2. The number of nitrogens with zero attached hydrogens (tertiary/aromatic N) is 1. The molecule has 2 aromatic rings. The number of aliphatic hydroxyl groups is 1. The number of rotatable bonds is 8. The minimum atomic E-state index is -1.00. The lowest BCUT2D eigenvalue weighted by atomic mass is 9.95. The summed E-state index contributed by atoms with van der Waals surface area (Å²) in [5.41, 5.74) is 2.14. The van der Waals surface area contributed by atoms with Gasteiger partial charge >= 0.3 is 0 Å². The van der Waals surface area contributed by atoms with Crippen molar-refractivity contribution in [2.45, 2.75) is 82.4 Å². The van der Waals surface area contributed by atoms with Gasteiger partial charge in [0, 0.05) is 55.6 Å². The lowest BCUT2D eigenvalue weighted by Gasteiger charge is -2.29. The molecule has 1 aliphatic heterocycles. The minimum absolute atomic E-state index is 0.00921. The molecule has 2 amide bonds. The Kier molecular flexibility index (Phi) is 11.8. The fourth-order valence-electron chi connectivity index (χ4n) is 5.85. The summed E-state index contributed by atoms with van der Waals surface area (Å²) < 4.78 is 20.5. The van der Waals surface area contributed by atoms with Crippen LogP contribution in [0.1, 0.15) is 75.0 Å². The van der Waals surface area contributed by atoms with Crippen LogP contribution in [0, 0.1) is 36.4 Å². The van der Waals surface area contributed by atoms with Crippen LogP contribution < -0.4 is 15.4 Å². The summed E-state index contributed by atoms with van der Waals surface area (Å²) in [6, 6.07) is 11.5. The Morgan fingerprint density at radius 3 is 2.75 bits per heavy atom. The molecule has 1 fully saturated rings. The molecule has 2 bridgehead atoms. The summed E-state index contributed by atoms with van der Waals surface area (Å²) in [4.78, 5) is 28.5. The predicted molar refractivity (Wildman–Crippen MR) is 169 cm³/mol. The Hall–Kier alpha value is -3.85. The van der Waals surface area contributed by atoms with Gasteiger partial charge in [0.2, 0.25) is 11.8 Å². The third kappa shape index (κ3) is 9.08. The number of fused-ring (bicyclic) bond motifs is 2. The zero-order valence-corrected chi connectivity index (χ0v) is 25.6. The molecule has 0 spiro atoms. The molecule has 234 valence electrons. The fraction of sp³-hybridized carbons (Fsp3) is 0.500. The number of hydrogen-bond acceptors (Lipinski definition) is 5. The van der Waals surface area contributed by atoms with Gasteiger partial charge in [-0.25, -0.2) is 4.39 Å². The number of terminal acetylenes is 2. The van der Waals surface area contributed by atoms with Crippen molar-refractivity contribution in [2.24, 2.45) is 5.92 Å². The van der Waals surface area contributed by atoms with Gasteiger partial charge in [-0.3, -0.25) is 9.59 Å². The predicted octanol–water partition coefficient (Wildman–Crippen LogP) is 4.31. The van der Waals surface area contributed by atoms with E-state index in [-0.39, 0.29) is 43.2 Å². The molecule has 1 unspecified atom stereocenters. The van der Waals surface area contributed by atoms with Gasteiger partial charge < -0.3 is 25.4 Å². The van der Waals surface area contributed by atoms with E-state index in [4.69, 9.17) is 17.6 Å². The van der Waals surface area contributed by atoms with E-state index >= 15 is 0 Å². The van der Waals surface area contributed by atoms with Gasteiger partial charge in [-0.2, -0.15) is 0 Å². The molecule has 2 aliphatic rings. The summed E-state index contributed by atoms with van der Waals surface area (Å²) in [7, 11) is 0. The van der Waals surface area contributed by atoms with Crippen LogP contribution in [-0.4, -0.2) is 60.2 Å². The van der Waals surface area contributed by atoms with Crippen molar-refractivity contribution in [1.82, 2.24) is 15.5 Å². The first-order valence-corrected chi connectivity index (χ1v) is 15.7. The zero-order valence-electron chi connectivity index (χ0n) is 25.6. The molecular formula is C36H44FN3O4. The second-order valence-corrected chi connectivity index (χ2v) is 12.0. The van der Waals surface area contributed by atoms with Crippen LogP contribution in [0.25, 0.3) is 0 Å². The van der Waals surface area contributed by atoms with Gasteiger partial charge in [-0.15, -0.1) is 18.8 Å². The normalized spacial score (nSPS) is 21.6. The van der Waals surface area contributed by atoms with Crippen molar-refractivity contribution in [1.29, 1.82) is 0 Å². The van der Waals surface area contributed by atoms with Gasteiger partial charge in [-0.1, -0.05) is 25.0 Å². The average Bonchev–Trinajstić information content (AvgIpc) is 3.81. The van der Waals surface area contributed by atoms with Crippen LogP contribution in [0.4, 0.5) is 4.39 Å². The first-order valence-electron chi connectivity index (χ1n) is 15.7. The van der Waals surface area contributed by atoms with E-state index in [2.05, 4.69) is 22.5 Å².